The Morgan fingerprint density at radius 3 is 2.70 bits per heavy atom. The molecule has 0 spiro atoms. The average molecular weight is 296 g/mol. The van der Waals surface area contributed by atoms with E-state index in [1.807, 2.05) is 4.90 Å². The molecule has 0 bridgehead atoms. The maximum Gasteiger partial charge on any atom is 0.119 e. The van der Waals surface area contributed by atoms with Gasteiger partial charge in [-0.3, -0.25) is 4.90 Å². The normalized spacial score (nSPS) is 20.8. The van der Waals surface area contributed by atoms with Gasteiger partial charge in [-0.25, -0.2) is 0 Å². The van der Waals surface area contributed by atoms with E-state index >= 15 is 0 Å². The molecule has 2 rings (SSSR count). The molecule has 4 N–H and O–H groups in total. The molecule has 1 aliphatic rings. The number of ether oxygens (including phenoxy) is 1. The fraction of sp³-hybridized carbons (Fsp3) is 0.500. The summed E-state index contributed by atoms with van der Waals surface area (Å²) < 4.78 is 5.52. The van der Waals surface area contributed by atoms with Gasteiger partial charge in [-0.15, -0.1) is 0 Å². The van der Waals surface area contributed by atoms with Gasteiger partial charge in [0.25, 0.3) is 0 Å². The standard InChI is InChI=1S/C14H20N2O3S/c15-14(20)10-1-3-13(4-2-10)19-9-12(18)8-16-6-5-11(17)7-16/h1-4,11-12,17-18H,5-9H2,(H2,15,20). The van der Waals surface area contributed by atoms with Crippen molar-refractivity contribution in [2.75, 3.05) is 26.2 Å². The van der Waals surface area contributed by atoms with Gasteiger partial charge in [-0.1, -0.05) is 12.2 Å². The highest BCUT2D eigenvalue weighted by Gasteiger charge is 2.22. The quantitative estimate of drug-likeness (QED) is 0.648. The van der Waals surface area contributed by atoms with Gasteiger partial charge in [0.1, 0.15) is 23.4 Å². The molecule has 110 valence electrons. The number of β-amino-alcohol motifs (C(OH)–C–C–N with tert-alkyl or cyclic N) is 2. The maximum absolute atomic E-state index is 9.91. The van der Waals surface area contributed by atoms with Crippen LogP contribution >= 0.6 is 12.2 Å². The monoisotopic (exact) mass is 296 g/mol. The van der Waals surface area contributed by atoms with Gasteiger partial charge in [0.2, 0.25) is 0 Å². The summed E-state index contributed by atoms with van der Waals surface area (Å²) in [6.07, 6.45) is -0.0695. The van der Waals surface area contributed by atoms with Gasteiger partial charge in [0, 0.05) is 25.2 Å². The molecule has 1 heterocycles. The Morgan fingerprint density at radius 1 is 1.45 bits per heavy atom. The zero-order valence-corrected chi connectivity index (χ0v) is 12.1. The molecule has 2 unspecified atom stereocenters. The van der Waals surface area contributed by atoms with Crippen molar-refractivity contribution in [2.24, 2.45) is 5.73 Å². The molecule has 1 aromatic rings. The molecular weight excluding hydrogens is 276 g/mol. The van der Waals surface area contributed by atoms with Crippen LogP contribution in [0.4, 0.5) is 0 Å². The Morgan fingerprint density at radius 2 is 2.15 bits per heavy atom. The van der Waals surface area contributed by atoms with Gasteiger partial charge in [0.15, 0.2) is 0 Å². The fourth-order valence-corrected chi connectivity index (χ4v) is 2.37. The lowest BCUT2D eigenvalue weighted by molar-refractivity contribution is 0.0707. The molecule has 0 aromatic heterocycles. The number of benzene rings is 1. The molecule has 1 aliphatic heterocycles. The summed E-state index contributed by atoms with van der Waals surface area (Å²) in [5.74, 6) is 0.672. The van der Waals surface area contributed by atoms with E-state index in [0.717, 1.165) is 18.5 Å². The number of aliphatic hydroxyl groups excluding tert-OH is 2. The average Bonchev–Trinajstić information content (AvgIpc) is 2.82. The molecule has 1 fully saturated rings. The SMILES string of the molecule is NC(=S)c1ccc(OCC(O)CN2CCC(O)C2)cc1. The first-order valence-corrected chi connectivity index (χ1v) is 7.06. The molecule has 0 saturated carbocycles. The van der Waals surface area contributed by atoms with E-state index in [1.165, 1.54) is 0 Å². The van der Waals surface area contributed by atoms with Gasteiger partial charge in [0.05, 0.1) is 6.10 Å². The van der Waals surface area contributed by atoms with Gasteiger partial charge >= 0.3 is 0 Å². The Kier molecular flexibility index (Phi) is 5.31. The lowest BCUT2D eigenvalue weighted by atomic mass is 10.2. The Labute approximate surface area is 124 Å². The third-order valence-corrected chi connectivity index (χ3v) is 3.53. The minimum absolute atomic E-state index is 0.221. The van der Waals surface area contributed by atoms with E-state index in [0.29, 0.717) is 23.8 Å². The summed E-state index contributed by atoms with van der Waals surface area (Å²) in [6.45, 7) is 2.18. The Hall–Kier alpha value is -1.21. The second kappa shape index (κ2) is 6.99. The van der Waals surface area contributed by atoms with Crippen molar-refractivity contribution < 1.29 is 14.9 Å². The summed E-state index contributed by atoms with van der Waals surface area (Å²) in [7, 11) is 0. The first-order valence-electron chi connectivity index (χ1n) is 6.66. The number of nitrogens with zero attached hydrogens (tertiary/aromatic N) is 1. The fourth-order valence-electron chi connectivity index (χ4n) is 2.24. The number of likely N-dealkylation sites (tertiary alicyclic amines) is 1. The molecule has 1 aromatic carbocycles. The van der Waals surface area contributed by atoms with Gasteiger partial charge in [-0.2, -0.15) is 0 Å². The number of thiocarbonyl (C=S) groups is 1. The molecule has 0 amide bonds. The lowest BCUT2D eigenvalue weighted by Crippen LogP contribution is -2.34. The smallest absolute Gasteiger partial charge is 0.119 e. The number of hydrogen-bond donors (Lipinski definition) is 3. The van der Waals surface area contributed by atoms with Crippen LogP contribution in [-0.4, -0.2) is 58.6 Å². The van der Waals surface area contributed by atoms with Crippen LogP contribution in [0, 0.1) is 0 Å². The molecule has 6 heteroatoms. The summed E-state index contributed by atoms with van der Waals surface area (Å²) in [6, 6.07) is 7.14. The van der Waals surface area contributed by atoms with E-state index in [4.69, 9.17) is 22.7 Å². The van der Waals surface area contributed by atoms with E-state index < -0.39 is 6.10 Å². The first kappa shape index (κ1) is 15.2. The predicted octanol–water partition coefficient (Wildman–Crippen LogP) is 0.127. The van der Waals surface area contributed by atoms with Crippen LogP contribution in [0.2, 0.25) is 0 Å². The van der Waals surface area contributed by atoms with Crippen LogP contribution in [0.15, 0.2) is 24.3 Å². The number of rotatable bonds is 6. The second-order valence-corrected chi connectivity index (χ2v) is 5.50. The van der Waals surface area contributed by atoms with Crippen LogP contribution in [-0.2, 0) is 0 Å². The van der Waals surface area contributed by atoms with Crippen molar-refractivity contribution in [2.45, 2.75) is 18.6 Å². The zero-order chi connectivity index (χ0) is 14.5. The maximum atomic E-state index is 9.91. The van der Waals surface area contributed by atoms with E-state index in [2.05, 4.69) is 0 Å². The lowest BCUT2D eigenvalue weighted by Gasteiger charge is -2.19. The molecular formula is C14H20N2O3S. The number of aliphatic hydroxyl groups is 2. The van der Waals surface area contributed by atoms with Crippen LogP contribution in [0.5, 0.6) is 5.75 Å². The summed E-state index contributed by atoms with van der Waals surface area (Å²) in [5.41, 5.74) is 6.30. The molecule has 20 heavy (non-hydrogen) atoms. The molecule has 1 saturated heterocycles. The molecule has 0 radical (unpaired) electrons. The van der Waals surface area contributed by atoms with Crippen molar-refractivity contribution in [1.82, 2.24) is 4.90 Å². The third-order valence-electron chi connectivity index (χ3n) is 3.30. The van der Waals surface area contributed by atoms with E-state index in [9.17, 15) is 10.2 Å². The van der Waals surface area contributed by atoms with Gasteiger partial charge in [-0.05, 0) is 30.7 Å². The largest absolute Gasteiger partial charge is 0.491 e. The highest BCUT2D eigenvalue weighted by Crippen LogP contribution is 2.13. The van der Waals surface area contributed by atoms with Crippen molar-refractivity contribution in [3.05, 3.63) is 29.8 Å². The summed E-state index contributed by atoms with van der Waals surface area (Å²) in [4.78, 5) is 2.39. The van der Waals surface area contributed by atoms with Crippen molar-refractivity contribution in [3.63, 3.8) is 0 Å². The van der Waals surface area contributed by atoms with Crippen molar-refractivity contribution >= 4 is 17.2 Å². The highest BCUT2D eigenvalue weighted by molar-refractivity contribution is 7.80. The number of hydrogen-bond acceptors (Lipinski definition) is 5. The molecule has 2 atom stereocenters. The second-order valence-electron chi connectivity index (χ2n) is 5.06. The van der Waals surface area contributed by atoms with Crippen molar-refractivity contribution in [1.29, 1.82) is 0 Å². The molecule has 0 aliphatic carbocycles. The van der Waals surface area contributed by atoms with Crippen LogP contribution in [0.25, 0.3) is 0 Å². The molecule has 5 nitrogen and oxygen atoms in total. The third kappa shape index (κ3) is 4.42. The van der Waals surface area contributed by atoms with Crippen LogP contribution in [0.3, 0.4) is 0 Å². The van der Waals surface area contributed by atoms with Gasteiger partial charge < -0.3 is 20.7 Å². The zero-order valence-electron chi connectivity index (χ0n) is 11.2. The number of nitrogens with two attached hydrogens (primary N) is 1. The summed E-state index contributed by atoms with van der Waals surface area (Å²) >= 11 is 4.87. The minimum atomic E-state index is -0.574. The Bertz CT molecular complexity index is 452. The first-order chi connectivity index (χ1) is 9.54. The topological polar surface area (TPSA) is 79.0 Å². The highest BCUT2D eigenvalue weighted by atomic mass is 32.1. The summed E-state index contributed by atoms with van der Waals surface area (Å²) in [5, 5.41) is 19.3. The Balaban J connectivity index is 1.75. The van der Waals surface area contributed by atoms with Crippen molar-refractivity contribution in [3.8, 4) is 5.75 Å². The van der Waals surface area contributed by atoms with Crippen LogP contribution < -0.4 is 10.5 Å². The predicted molar refractivity (Wildman–Crippen MR) is 80.9 cm³/mol. The van der Waals surface area contributed by atoms with E-state index in [-0.39, 0.29) is 12.7 Å². The van der Waals surface area contributed by atoms with Crippen LogP contribution in [0.1, 0.15) is 12.0 Å². The minimum Gasteiger partial charge on any atom is -0.491 e. The van der Waals surface area contributed by atoms with E-state index in [1.54, 1.807) is 24.3 Å².